The van der Waals surface area contributed by atoms with Gasteiger partial charge in [-0.05, 0) is 47.4 Å². The largest absolute Gasteiger partial charge is 0.487 e. The zero-order chi connectivity index (χ0) is 18.6. The maximum Gasteiger partial charge on any atom is 0.255 e. The first-order valence-electron chi connectivity index (χ1n) is 8.44. The fourth-order valence-corrected chi connectivity index (χ4v) is 2.97. The number of anilines is 1. The smallest absolute Gasteiger partial charge is 0.255 e. The van der Waals surface area contributed by atoms with E-state index in [1.807, 2.05) is 29.6 Å². The number of hydrogen-bond donors (Lipinski definition) is 1. The van der Waals surface area contributed by atoms with Gasteiger partial charge >= 0.3 is 0 Å². The van der Waals surface area contributed by atoms with Gasteiger partial charge in [-0.1, -0.05) is 32.9 Å². The average Bonchev–Trinajstić information content (AvgIpc) is 3.13. The molecule has 0 unspecified atom stereocenters. The van der Waals surface area contributed by atoms with Crippen LogP contribution >= 0.6 is 11.3 Å². The molecule has 134 valence electrons. The molecule has 1 heterocycles. The Morgan fingerprint density at radius 1 is 1.08 bits per heavy atom. The van der Waals surface area contributed by atoms with Crippen molar-refractivity contribution in [2.24, 2.45) is 0 Å². The van der Waals surface area contributed by atoms with E-state index in [0.717, 1.165) is 11.4 Å². The number of ether oxygens (including phenoxy) is 1. The van der Waals surface area contributed by atoms with Crippen LogP contribution in [0.5, 0.6) is 5.75 Å². The van der Waals surface area contributed by atoms with E-state index in [0.29, 0.717) is 17.9 Å². The van der Waals surface area contributed by atoms with Gasteiger partial charge in [0.15, 0.2) is 0 Å². The molecule has 3 rings (SSSR count). The van der Waals surface area contributed by atoms with Crippen molar-refractivity contribution in [3.63, 3.8) is 0 Å². The van der Waals surface area contributed by atoms with Crippen LogP contribution < -0.4 is 10.1 Å². The molecular formula is C21H22N2O2S. The van der Waals surface area contributed by atoms with Gasteiger partial charge in [0.1, 0.15) is 12.4 Å². The van der Waals surface area contributed by atoms with E-state index in [-0.39, 0.29) is 11.3 Å². The van der Waals surface area contributed by atoms with E-state index in [1.165, 1.54) is 16.9 Å². The summed E-state index contributed by atoms with van der Waals surface area (Å²) in [5.74, 6) is 0.573. The Hall–Kier alpha value is -2.66. The Morgan fingerprint density at radius 3 is 2.35 bits per heavy atom. The Morgan fingerprint density at radius 2 is 1.77 bits per heavy atom. The number of thiazole rings is 1. The van der Waals surface area contributed by atoms with Crippen LogP contribution in [0.4, 0.5) is 5.69 Å². The first-order chi connectivity index (χ1) is 12.4. The van der Waals surface area contributed by atoms with Crippen LogP contribution in [0.2, 0.25) is 0 Å². The monoisotopic (exact) mass is 366 g/mol. The highest BCUT2D eigenvalue weighted by Gasteiger charge is 2.13. The second-order valence-electron chi connectivity index (χ2n) is 7.07. The molecule has 2 aromatic carbocycles. The zero-order valence-electron chi connectivity index (χ0n) is 15.2. The first kappa shape index (κ1) is 18.1. The molecule has 0 saturated heterocycles. The topological polar surface area (TPSA) is 51.2 Å². The van der Waals surface area contributed by atoms with Gasteiger partial charge in [0, 0.05) is 16.6 Å². The van der Waals surface area contributed by atoms with Gasteiger partial charge in [-0.15, -0.1) is 11.3 Å². The number of carbonyl (C=O) groups excluding carboxylic acids is 1. The van der Waals surface area contributed by atoms with Gasteiger partial charge in [-0.25, -0.2) is 4.98 Å². The van der Waals surface area contributed by atoms with Crippen molar-refractivity contribution < 1.29 is 9.53 Å². The molecule has 26 heavy (non-hydrogen) atoms. The van der Waals surface area contributed by atoms with Crippen LogP contribution in [-0.4, -0.2) is 10.9 Å². The number of carbonyl (C=O) groups is 1. The Bertz CT molecular complexity index is 849. The van der Waals surface area contributed by atoms with E-state index >= 15 is 0 Å². The number of rotatable bonds is 5. The first-order valence-corrected chi connectivity index (χ1v) is 9.38. The predicted molar refractivity (Wildman–Crippen MR) is 106 cm³/mol. The fraction of sp³-hybridized carbons (Fsp3) is 0.238. The van der Waals surface area contributed by atoms with Crippen molar-refractivity contribution in [1.29, 1.82) is 0 Å². The van der Waals surface area contributed by atoms with Crippen LogP contribution in [0, 0.1) is 0 Å². The number of benzene rings is 2. The Labute approximate surface area is 157 Å². The minimum Gasteiger partial charge on any atom is -0.487 e. The second-order valence-corrected chi connectivity index (χ2v) is 7.79. The second kappa shape index (κ2) is 7.70. The molecule has 4 nitrogen and oxygen atoms in total. The lowest BCUT2D eigenvalue weighted by atomic mass is 9.87. The molecule has 0 bridgehead atoms. The number of nitrogens with one attached hydrogen (secondary N) is 1. The van der Waals surface area contributed by atoms with E-state index in [1.54, 1.807) is 29.8 Å². The lowest BCUT2D eigenvalue weighted by molar-refractivity contribution is 0.102. The summed E-state index contributed by atoms with van der Waals surface area (Å²) in [5, 5.41) is 4.87. The molecule has 0 saturated carbocycles. The molecule has 5 heteroatoms. The fourth-order valence-electron chi connectivity index (χ4n) is 2.43. The summed E-state index contributed by atoms with van der Waals surface area (Å²) < 4.78 is 5.66. The van der Waals surface area contributed by atoms with E-state index in [4.69, 9.17) is 4.74 Å². The molecule has 0 fully saturated rings. The number of aromatic nitrogens is 1. The maximum atomic E-state index is 12.4. The highest BCUT2D eigenvalue weighted by atomic mass is 32.1. The Balaban J connectivity index is 1.59. The van der Waals surface area contributed by atoms with Gasteiger partial charge in [0.2, 0.25) is 0 Å². The summed E-state index contributed by atoms with van der Waals surface area (Å²) in [4.78, 5) is 16.6. The number of amides is 1. The predicted octanol–water partition coefficient (Wildman–Crippen LogP) is 5.27. The minimum absolute atomic E-state index is 0.0942. The third-order valence-corrected chi connectivity index (χ3v) is 4.63. The average molecular weight is 366 g/mol. The molecule has 1 aromatic heterocycles. The molecule has 0 radical (unpaired) electrons. The standard InChI is InChI=1S/C21H22N2O2S/c1-21(2,3)16-6-8-17(9-7-16)23-20(24)15-4-10-19(11-5-15)25-12-18-13-26-14-22-18/h4-11,13-14H,12H2,1-3H3,(H,23,24). The molecule has 1 N–H and O–H groups in total. The molecule has 0 aliphatic carbocycles. The summed E-state index contributed by atoms with van der Waals surface area (Å²) in [6, 6.07) is 15.1. The third kappa shape index (κ3) is 4.70. The molecule has 0 atom stereocenters. The highest BCUT2D eigenvalue weighted by molar-refractivity contribution is 7.07. The summed E-state index contributed by atoms with van der Waals surface area (Å²) >= 11 is 1.54. The van der Waals surface area contributed by atoms with Gasteiger partial charge in [0.25, 0.3) is 5.91 Å². The van der Waals surface area contributed by atoms with Gasteiger partial charge in [0.05, 0.1) is 11.2 Å². The van der Waals surface area contributed by atoms with E-state index < -0.39 is 0 Å². The molecular weight excluding hydrogens is 344 g/mol. The van der Waals surface area contributed by atoms with Gasteiger partial charge in [-0.2, -0.15) is 0 Å². The highest BCUT2D eigenvalue weighted by Crippen LogP contribution is 2.24. The molecule has 0 aliphatic rings. The molecule has 0 aliphatic heterocycles. The van der Waals surface area contributed by atoms with Crippen molar-refractivity contribution in [2.75, 3.05) is 5.32 Å². The van der Waals surface area contributed by atoms with Crippen LogP contribution in [0.3, 0.4) is 0 Å². The van der Waals surface area contributed by atoms with Gasteiger partial charge in [-0.3, -0.25) is 4.79 Å². The van der Waals surface area contributed by atoms with Crippen molar-refractivity contribution >= 4 is 22.9 Å². The van der Waals surface area contributed by atoms with Crippen molar-refractivity contribution in [2.45, 2.75) is 32.8 Å². The van der Waals surface area contributed by atoms with Crippen LogP contribution in [0.25, 0.3) is 0 Å². The zero-order valence-corrected chi connectivity index (χ0v) is 16.0. The number of nitrogens with zero attached hydrogens (tertiary/aromatic N) is 1. The van der Waals surface area contributed by atoms with Crippen molar-refractivity contribution in [1.82, 2.24) is 4.98 Å². The minimum atomic E-state index is -0.139. The van der Waals surface area contributed by atoms with Crippen LogP contribution in [0.15, 0.2) is 59.4 Å². The van der Waals surface area contributed by atoms with Crippen molar-refractivity contribution in [3.05, 3.63) is 76.2 Å². The summed E-state index contributed by atoms with van der Waals surface area (Å²) in [6.45, 7) is 6.92. The summed E-state index contributed by atoms with van der Waals surface area (Å²) in [5.41, 5.74) is 5.38. The lowest BCUT2D eigenvalue weighted by Crippen LogP contribution is -2.13. The van der Waals surface area contributed by atoms with Crippen LogP contribution in [-0.2, 0) is 12.0 Å². The van der Waals surface area contributed by atoms with Crippen molar-refractivity contribution in [3.8, 4) is 5.75 Å². The molecule has 3 aromatic rings. The SMILES string of the molecule is CC(C)(C)c1ccc(NC(=O)c2ccc(OCc3cscn3)cc2)cc1. The molecule has 0 spiro atoms. The summed E-state index contributed by atoms with van der Waals surface area (Å²) in [6.07, 6.45) is 0. The molecule has 1 amide bonds. The van der Waals surface area contributed by atoms with E-state index in [2.05, 4.69) is 31.1 Å². The maximum absolute atomic E-state index is 12.4. The lowest BCUT2D eigenvalue weighted by Gasteiger charge is -2.19. The quantitative estimate of drug-likeness (QED) is 0.669. The van der Waals surface area contributed by atoms with Gasteiger partial charge < -0.3 is 10.1 Å². The van der Waals surface area contributed by atoms with Crippen LogP contribution in [0.1, 0.15) is 42.4 Å². The normalized spacial score (nSPS) is 11.2. The third-order valence-electron chi connectivity index (χ3n) is 4.00. The summed E-state index contributed by atoms with van der Waals surface area (Å²) in [7, 11) is 0. The Kier molecular flexibility index (Phi) is 5.38. The van der Waals surface area contributed by atoms with E-state index in [9.17, 15) is 4.79 Å². The number of hydrogen-bond acceptors (Lipinski definition) is 4.